The lowest BCUT2D eigenvalue weighted by molar-refractivity contribution is -0.116. The zero-order valence-electron chi connectivity index (χ0n) is 22.2. The van der Waals surface area contributed by atoms with E-state index in [1.807, 2.05) is 0 Å². The average Bonchev–Trinajstić information content (AvgIpc) is 3.12. The van der Waals surface area contributed by atoms with Crippen molar-refractivity contribution in [2.75, 3.05) is 46.2 Å². The summed E-state index contributed by atoms with van der Waals surface area (Å²) < 4.78 is 5.12. The van der Waals surface area contributed by atoms with Crippen LogP contribution in [-0.4, -0.2) is 83.0 Å². The molecule has 3 aliphatic rings. The maximum atomic E-state index is 13.7. The first-order valence-corrected chi connectivity index (χ1v) is 13.3. The second kappa shape index (κ2) is 10.3. The Kier molecular flexibility index (Phi) is 7.07. The molecule has 1 spiro atoms. The number of methoxy groups -OCH3 is 1. The van der Waals surface area contributed by atoms with Gasteiger partial charge in [-0.15, -0.1) is 0 Å². The summed E-state index contributed by atoms with van der Waals surface area (Å²) in [6.07, 6.45) is 8.73. The van der Waals surface area contributed by atoms with Gasteiger partial charge in [0.2, 0.25) is 11.8 Å². The zero-order chi connectivity index (χ0) is 26.0. The number of nitrogens with one attached hydrogen (secondary N) is 1. The fourth-order valence-electron chi connectivity index (χ4n) is 6.39. The molecule has 3 amide bonds. The van der Waals surface area contributed by atoms with Gasteiger partial charge in [0, 0.05) is 24.7 Å². The Morgan fingerprint density at radius 2 is 1.86 bits per heavy atom. The summed E-state index contributed by atoms with van der Waals surface area (Å²) in [5.74, 6) is 1.04. The molecule has 1 aromatic heterocycles. The third-order valence-electron chi connectivity index (χ3n) is 8.85. The van der Waals surface area contributed by atoms with Crippen molar-refractivity contribution < 1.29 is 14.3 Å². The molecule has 9 nitrogen and oxygen atoms in total. The summed E-state index contributed by atoms with van der Waals surface area (Å²) in [5.41, 5.74) is 1.05. The first kappa shape index (κ1) is 25.4. The monoisotopic (exact) mass is 506 g/mol. The third kappa shape index (κ3) is 4.89. The molecular weight excluding hydrogens is 468 g/mol. The highest BCUT2D eigenvalue weighted by atomic mass is 16.5. The van der Waals surface area contributed by atoms with E-state index >= 15 is 0 Å². The molecule has 2 aliphatic carbocycles. The highest BCUT2D eigenvalue weighted by Gasteiger charge is 2.55. The Hall–Kier alpha value is -3.20. The Bertz CT molecular complexity index is 1110. The van der Waals surface area contributed by atoms with Crippen LogP contribution in [0, 0.1) is 5.92 Å². The first-order valence-electron chi connectivity index (χ1n) is 13.3. The largest absolute Gasteiger partial charge is 0.481 e. The Labute approximate surface area is 219 Å². The summed E-state index contributed by atoms with van der Waals surface area (Å²) in [5, 5.41) is 2.79. The summed E-state index contributed by atoms with van der Waals surface area (Å²) >= 11 is 0. The number of benzene rings is 1. The number of hydrogen-bond donors (Lipinski definition) is 1. The minimum absolute atomic E-state index is 0.00553. The first-order chi connectivity index (χ1) is 17.8. The summed E-state index contributed by atoms with van der Waals surface area (Å²) in [7, 11) is 5.84. The second-order valence-electron chi connectivity index (χ2n) is 11.1. The highest BCUT2D eigenvalue weighted by molar-refractivity contribution is 5.94. The van der Waals surface area contributed by atoms with Gasteiger partial charge < -0.3 is 19.9 Å². The van der Waals surface area contributed by atoms with Crippen LogP contribution in [0.5, 0.6) is 5.88 Å². The molecule has 0 atom stereocenters. The van der Waals surface area contributed by atoms with Crippen LogP contribution >= 0.6 is 0 Å². The van der Waals surface area contributed by atoms with E-state index in [0.717, 1.165) is 32.2 Å². The van der Waals surface area contributed by atoms with E-state index in [1.54, 1.807) is 11.0 Å². The lowest BCUT2D eigenvalue weighted by atomic mass is 9.68. The Morgan fingerprint density at radius 3 is 2.49 bits per heavy atom. The maximum absolute atomic E-state index is 13.7. The standard InChI is InChI=1S/C28H38N6O3/c1-32(2)28(22-10-5-4-6-11-22)14-12-27(13-15-28)19-33(26(36)34(27)17-21-8-7-9-21)18-24(35)31-23-16-25(37-3)30-20-29-23/h4-6,10-11,16,20-21H,7-9,12-15,17-19H2,1-3H3,(H,29,30,31,35). The molecule has 1 N–H and O–H groups in total. The van der Waals surface area contributed by atoms with Crippen LogP contribution in [0.25, 0.3) is 0 Å². The summed E-state index contributed by atoms with van der Waals surface area (Å²) in [6, 6.07) is 12.3. The third-order valence-corrected chi connectivity index (χ3v) is 8.85. The van der Waals surface area contributed by atoms with Gasteiger partial charge in [0.1, 0.15) is 18.7 Å². The van der Waals surface area contributed by atoms with Crippen LogP contribution in [0.2, 0.25) is 0 Å². The SMILES string of the molecule is COc1cc(NC(=O)CN2CC3(CCC(c4ccccc4)(N(C)C)CC3)N(CC3CCC3)C2=O)ncn1. The van der Waals surface area contributed by atoms with Crippen LogP contribution in [0.1, 0.15) is 50.5 Å². The average molecular weight is 507 g/mol. The van der Waals surface area contributed by atoms with Gasteiger partial charge in [-0.3, -0.25) is 9.69 Å². The molecule has 37 heavy (non-hydrogen) atoms. The lowest BCUT2D eigenvalue weighted by Crippen LogP contribution is -2.56. The number of urea groups is 1. The van der Waals surface area contributed by atoms with E-state index in [-0.39, 0.29) is 29.6 Å². The van der Waals surface area contributed by atoms with Crippen LogP contribution in [0.4, 0.5) is 10.6 Å². The molecule has 9 heteroatoms. The Balaban J connectivity index is 1.33. The van der Waals surface area contributed by atoms with Gasteiger partial charge in [0.05, 0.1) is 12.6 Å². The Morgan fingerprint density at radius 1 is 1.14 bits per heavy atom. The molecule has 2 saturated carbocycles. The predicted octanol–water partition coefficient (Wildman–Crippen LogP) is 3.73. The second-order valence-corrected chi connectivity index (χ2v) is 11.1. The molecule has 1 aromatic carbocycles. The number of hydrogen-bond acceptors (Lipinski definition) is 6. The van der Waals surface area contributed by atoms with E-state index in [2.05, 4.69) is 69.5 Å². The molecule has 0 unspecified atom stereocenters. The molecule has 2 aromatic rings. The summed E-state index contributed by atoms with van der Waals surface area (Å²) in [4.78, 5) is 40.9. The lowest BCUT2D eigenvalue weighted by Gasteiger charge is -2.51. The van der Waals surface area contributed by atoms with Gasteiger partial charge in [0.15, 0.2) is 0 Å². The number of ether oxygens (including phenoxy) is 1. The van der Waals surface area contributed by atoms with Crippen molar-refractivity contribution in [1.82, 2.24) is 24.7 Å². The highest BCUT2D eigenvalue weighted by Crippen LogP contribution is 2.49. The fourth-order valence-corrected chi connectivity index (χ4v) is 6.39. The minimum Gasteiger partial charge on any atom is -0.481 e. The van der Waals surface area contributed by atoms with E-state index in [1.165, 1.54) is 38.3 Å². The van der Waals surface area contributed by atoms with Crippen molar-refractivity contribution in [2.24, 2.45) is 5.92 Å². The molecule has 1 saturated heterocycles. The van der Waals surface area contributed by atoms with Crippen molar-refractivity contribution in [1.29, 1.82) is 0 Å². The molecule has 0 bridgehead atoms. The van der Waals surface area contributed by atoms with Crippen LogP contribution < -0.4 is 10.1 Å². The normalized spacial score (nSPS) is 26.0. The van der Waals surface area contributed by atoms with Crippen molar-refractivity contribution >= 4 is 17.8 Å². The quantitative estimate of drug-likeness (QED) is 0.587. The van der Waals surface area contributed by atoms with Gasteiger partial charge in [0.25, 0.3) is 0 Å². The van der Waals surface area contributed by atoms with Gasteiger partial charge in [-0.2, -0.15) is 0 Å². The number of amides is 3. The van der Waals surface area contributed by atoms with E-state index in [0.29, 0.717) is 24.2 Å². The number of aromatic nitrogens is 2. The number of carbonyl (C=O) groups excluding carboxylic acids is 2. The van der Waals surface area contributed by atoms with Crippen molar-refractivity contribution in [2.45, 2.75) is 56.0 Å². The van der Waals surface area contributed by atoms with E-state index < -0.39 is 0 Å². The maximum Gasteiger partial charge on any atom is 0.321 e. The molecular formula is C28H38N6O3. The fraction of sp³-hybridized carbons (Fsp3) is 0.571. The zero-order valence-corrected chi connectivity index (χ0v) is 22.2. The molecule has 198 valence electrons. The van der Waals surface area contributed by atoms with Crippen LogP contribution in [0.3, 0.4) is 0 Å². The molecule has 1 aliphatic heterocycles. The molecule has 2 heterocycles. The predicted molar refractivity (Wildman–Crippen MR) is 141 cm³/mol. The molecule has 0 radical (unpaired) electrons. The topological polar surface area (TPSA) is 90.9 Å². The minimum atomic E-state index is -0.266. The number of anilines is 1. The van der Waals surface area contributed by atoms with E-state index in [9.17, 15) is 9.59 Å². The van der Waals surface area contributed by atoms with Gasteiger partial charge in [-0.05, 0) is 64.1 Å². The van der Waals surface area contributed by atoms with E-state index in [4.69, 9.17) is 4.74 Å². The van der Waals surface area contributed by atoms with Crippen molar-refractivity contribution in [3.8, 4) is 5.88 Å². The number of rotatable bonds is 8. The van der Waals surface area contributed by atoms with Crippen molar-refractivity contribution in [3.05, 3.63) is 48.3 Å². The van der Waals surface area contributed by atoms with Gasteiger partial charge in [-0.1, -0.05) is 36.8 Å². The summed E-state index contributed by atoms with van der Waals surface area (Å²) in [6.45, 7) is 1.38. The number of carbonyl (C=O) groups is 2. The van der Waals surface area contributed by atoms with Gasteiger partial charge in [-0.25, -0.2) is 14.8 Å². The van der Waals surface area contributed by atoms with Gasteiger partial charge >= 0.3 is 6.03 Å². The number of nitrogens with zero attached hydrogens (tertiary/aromatic N) is 5. The van der Waals surface area contributed by atoms with Crippen LogP contribution in [-0.2, 0) is 10.3 Å². The van der Waals surface area contributed by atoms with Crippen LogP contribution in [0.15, 0.2) is 42.7 Å². The molecule has 3 fully saturated rings. The molecule has 5 rings (SSSR count). The smallest absolute Gasteiger partial charge is 0.321 e. The van der Waals surface area contributed by atoms with Crippen molar-refractivity contribution in [3.63, 3.8) is 0 Å².